The predicted molar refractivity (Wildman–Crippen MR) is 121 cm³/mol. The second-order valence-electron chi connectivity index (χ2n) is 9.60. The summed E-state index contributed by atoms with van der Waals surface area (Å²) in [5, 5.41) is 5.53. The Bertz CT molecular complexity index is 810. The van der Waals surface area contributed by atoms with Crippen LogP contribution in [0.5, 0.6) is 0 Å². The van der Waals surface area contributed by atoms with Crippen molar-refractivity contribution in [2.24, 2.45) is 0 Å². The zero-order valence-electron chi connectivity index (χ0n) is 19.9. The highest BCUT2D eigenvalue weighted by molar-refractivity contribution is 5.91. The van der Waals surface area contributed by atoms with Crippen molar-refractivity contribution in [3.8, 4) is 0 Å². The van der Waals surface area contributed by atoms with Crippen LogP contribution in [0.15, 0.2) is 18.2 Å². The number of alkyl carbamates (subject to hydrolysis) is 1. The second-order valence-corrected chi connectivity index (χ2v) is 9.60. The van der Waals surface area contributed by atoms with Gasteiger partial charge in [-0.05, 0) is 84.4 Å². The molecule has 1 fully saturated rings. The van der Waals surface area contributed by atoms with Crippen molar-refractivity contribution >= 4 is 17.9 Å². The molecule has 1 unspecified atom stereocenters. The number of benzene rings is 1. The van der Waals surface area contributed by atoms with Gasteiger partial charge >= 0.3 is 6.09 Å². The maximum Gasteiger partial charge on any atom is 0.408 e. The van der Waals surface area contributed by atoms with Crippen LogP contribution in [0.25, 0.3) is 0 Å². The summed E-state index contributed by atoms with van der Waals surface area (Å²) in [6, 6.07) is 4.98. The van der Waals surface area contributed by atoms with E-state index in [1.807, 2.05) is 45.9 Å². The minimum atomic E-state index is -0.750. The van der Waals surface area contributed by atoms with Gasteiger partial charge in [0.15, 0.2) is 0 Å². The number of rotatable bonds is 7. The first-order chi connectivity index (χ1) is 14.4. The number of nitrogens with zero attached hydrogens (tertiary/aromatic N) is 1. The summed E-state index contributed by atoms with van der Waals surface area (Å²) in [6.45, 7) is 12.8. The topological polar surface area (TPSA) is 87.7 Å². The third-order valence-corrected chi connectivity index (χ3v) is 5.44. The minimum Gasteiger partial charge on any atom is -0.444 e. The lowest BCUT2D eigenvalue weighted by atomic mass is 9.87. The van der Waals surface area contributed by atoms with Gasteiger partial charge in [0.25, 0.3) is 0 Å². The van der Waals surface area contributed by atoms with Gasteiger partial charge in [0, 0.05) is 12.1 Å². The fourth-order valence-corrected chi connectivity index (χ4v) is 3.63. The molecule has 0 saturated heterocycles. The quantitative estimate of drug-likeness (QED) is 0.688. The third kappa shape index (κ3) is 6.71. The zero-order chi connectivity index (χ0) is 23.3. The van der Waals surface area contributed by atoms with E-state index in [0.29, 0.717) is 0 Å². The number of carbonyl (C=O) groups is 3. The molecule has 1 atom stereocenters. The predicted octanol–water partition coefficient (Wildman–Crippen LogP) is 3.77. The molecule has 31 heavy (non-hydrogen) atoms. The van der Waals surface area contributed by atoms with Gasteiger partial charge in [-0.15, -0.1) is 0 Å². The van der Waals surface area contributed by atoms with Gasteiger partial charge in [0.2, 0.25) is 11.8 Å². The molecule has 0 radical (unpaired) electrons. The number of nitrogens with one attached hydrogen (secondary N) is 2. The molecule has 0 heterocycles. The molecule has 7 heteroatoms. The lowest BCUT2D eigenvalue weighted by molar-refractivity contribution is -0.145. The highest BCUT2D eigenvalue weighted by Crippen LogP contribution is 2.34. The first-order valence-corrected chi connectivity index (χ1v) is 11.0. The molecule has 7 nitrogen and oxygen atoms in total. The van der Waals surface area contributed by atoms with Crippen molar-refractivity contribution in [1.82, 2.24) is 15.5 Å². The molecule has 1 saturated carbocycles. The van der Waals surface area contributed by atoms with Crippen LogP contribution in [0.4, 0.5) is 4.79 Å². The lowest BCUT2D eigenvalue weighted by Crippen LogP contribution is -2.54. The van der Waals surface area contributed by atoms with E-state index in [4.69, 9.17) is 4.74 Å². The Labute approximate surface area is 185 Å². The zero-order valence-corrected chi connectivity index (χ0v) is 19.9. The molecular weight excluding hydrogens is 394 g/mol. The second kappa shape index (κ2) is 10.2. The van der Waals surface area contributed by atoms with Gasteiger partial charge < -0.3 is 20.3 Å². The molecule has 0 bridgehead atoms. The van der Waals surface area contributed by atoms with E-state index in [0.717, 1.165) is 36.0 Å². The number of hydrogen-bond acceptors (Lipinski definition) is 4. The Morgan fingerprint density at radius 3 is 2.32 bits per heavy atom. The fraction of sp³-hybridized carbons (Fsp3) is 0.625. The third-order valence-electron chi connectivity index (χ3n) is 5.44. The van der Waals surface area contributed by atoms with E-state index >= 15 is 0 Å². The monoisotopic (exact) mass is 431 g/mol. The summed E-state index contributed by atoms with van der Waals surface area (Å²) in [7, 11) is 0. The van der Waals surface area contributed by atoms with Gasteiger partial charge in [0.05, 0.1) is 0 Å². The van der Waals surface area contributed by atoms with Gasteiger partial charge in [-0.3, -0.25) is 9.59 Å². The van der Waals surface area contributed by atoms with E-state index in [2.05, 4.69) is 10.6 Å². The highest BCUT2D eigenvalue weighted by atomic mass is 16.6. The standard InChI is InChI=1S/C24H37N3O4/c1-15(2)26-22(29)21(19-13-8-10-16(3)17(19)4)27(18-11-9-12-18)20(28)14-25-23(30)31-24(5,6)7/h8,10,13,15,18,21H,9,11-12,14H2,1-7H3,(H,25,30)(H,26,29). The summed E-state index contributed by atoms with van der Waals surface area (Å²) in [4.78, 5) is 40.4. The smallest absolute Gasteiger partial charge is 0.408 e. The number of aryl methyl sites for hydroxylation is 1. The molecule has 0 aliphatic heterocycles. The Balaban J connectivity index is 2.35. The molecule has 1 aromatic carbocycles. The van der Waals surface area contributed by atoms with Crippen LogP contribution < -0.4 is 10.6 Å². The van der Waals surface area contributed by atoms with E-state index < -0.39 is 17.7 Å². The molecule has 0 spiro atoms. The van der Waals surface area contributed by atoms with Crippen molar-refractivity contribution in [2.45, 2.75) is 91.5 Å². The average Bonchev–Trinajstić information content (AvgIpc) is 2.59. The summed E-state index contributed by atoms with van der Waals surface area (Å²) < 4.78 is 5.25. The molecule has 2 N–H and O–H groups in total. The number of ether oxygens (including phenoxy) is 1. The van der Waals surface area contributed by atoms with Gasteiger partial charge in [0.1, 0.15) is 18.2 Å². The molecule has 2 rings (SSSR count). The molecule has 172 valence electrons. The Morgan fingerprint density at radius 2 is 1.81 bits per heavy atom. The van der Waals surface area contributed by atoms with Crippen LogP contribution in [-0.2, 0) is 14.3 Å². The van der Waals surface area contributed by atoms with Crippen molar-refractivity contribution in [3.05, 3.63) is 34.9 Å². The SMILES string of the molecule is Cc1cccc(C(C(=O)NC(C)C)N(C(=O)CNC(=O)OC(C)(C)C)C2CCC2)c1C. The van der Waals surface area contributed by atoms with E-state index in [1.165, 1.54) is 0 Å². The van der Waals surface area contributed by atoms with Crippen LogP contribution in [-0.4, -0.2) is 47.0 Å². The lowest BCUT2D eigenvalue weighted by Gasteiger charge is -2.42. The molecular formula is C24H37N3O4. The van der Waals surface area contributed by atoms with Crippen LogP contribution in [0, 0.1) is 13.8 Å². The first-order valence-electron chi connectivity index (χ1n) is 11.0. The molecule has 1 aliphatic carbocycles. The number of carbonyl (C=O) groups excluding carboxylic acids is 3. The van der Waals surface area contributed by atoms with Gasteiger partial charge in [-0.2, -0.15) is 0 Å². The molecule has 3 amide bonds. The number of amides is 3. The minimum absolute atomic E-state index is 0.0317. The molecule has 0 aromatic heterocycles. The number of hydrogen-bond donors (Lipinski definition) is 2. The van der Waals surface area contributed by atoms with Gasteiger partial charge in [-0.1, -0.05) is 18.2 Å². The Morgan fingerprint density at radius 1 is 1.16 bits per heavy atom. The van der Waals surface area contributed by atoms with E-state index in [1.54, 1.807) is 25.7 Å². The summed E-state index contributed by atoms with van der Waals surface area (Å²) >= 11 is 0. The first kappa shape index (κ1) is 24.7. The maximum absolute atomic E-state index is 13.3. The fourth-order valence-electron chi connectivity index (χ4n) is 3.63. The summed E-state index contributed by atoms with van der Waals surface area (Å²) in [5.41, 5.74) is 2.21. The highest BCUT2D eigenvalue weighted by Gasteiger charge is 2.39. The van der Waals surface area contributed by atoms with Gasteiger partial charge in [-0.25, -0.2) is 4.79 Å². The van der Waals surface area contributed by atoms with Crippen molar-refractivity contribution in [1.29, 1.82) is 0 Å². The Hall–Kier alpha value is -2.57. The van der Waals surface area contributed by atoms with Crippen LogP contribution in [0.2, 0.25) is 0 Å². The van der Waals surface area contributed by atoms with Crippen LogP contribution in [0.1, 0.15) is 76.6 Å². The molecule has 1 aromatic rings. The maximum atomic E-state index is 13.3. The van der Waals surface area contributed by atoms with Crippen molar-refractivity contribution in [3.63, 3.8) is 0 Å². The van der Waals surface area contributed by atoms with E-state index in [9.17, 15) is 14.4 Å². The normalized spacial score (nSPS) is 15.1. The van der Waals surface area contributed by atoms with Crippen LogP contribution >= 0.6 is 0 Å². The summed E-state index contributed by atoms with van der Waals surface area (Å²) in [5.74, 6) is -0.499. The molecule has 1 aliphatic rings. The van der Waals surface area contributed by atoms with Crippen LogP contribution in [0.3, 0.4) is 0 Å². The largest absolute Gasteiger partial charge is 0.444 e. The summed E-state index contributed by atoms with van der Waals surface area (Å²) in [6.07, 6.45) is 2.05. The van der Waals surface area contributed by atoms with Crippen molar-refractivity contribution < 1.29 is 19.1 Å². The van der Waals surface area contributed by atoms with E-state index in [-0.39, 0.29) is 30.4 Å². The Kier molecular flexibility index (Phi) is 8.09. The average molecular weight is 432 g/mol. The van der Waals surface area contributed by atoms with Crippen molar-refractivity contribution in [2.75, 3.05) is 6.54 Å².